The number of alkyl halides is 6. The van der Waals surface area contributed by atoms with Crippen LogP contribution in [0.15, 0.2) is 42.5 Å². The zero-order valence-corrected chi connectivity index (χ0v) is 12.2. The molecule has 0 aliphatic rings. The number of carbonyl (C=O) groups is 1. The first-order valence-corrected chi connectivity index (χ1v) is 6.65. The van der Waals surface area contributed by atoms with Crippen molar-refractivity contribution in [1.29, 1.82) is 0 Å². The minimum Gasteiger partial charge on any atom is -0.322 e. The van der Waals surface area contributed by atoms with Gasteiger partial charge in [-0.2, -0.15) is 26.3 Å². The number of carbonyl (C=O) groups excluding carboxylic acids is 1. The van der Waals surface area contributed by atoms with E-state index in [1.807, 2.05) is 0 Å². The largest absolute Gasteiger partial charge is 0.417 e. The Bertz CT molecular complexity index is 747. The van der Waals surface area contributed by atoms with Crippen LogP contribution in [0.1, 0.15) is 27.0 Å². The van der Waals surface area contributed by atoms with Crippen LogP contribution >= 0.6 is 0 Å². The lowest BCUT2D eigenvalue weighted by Gasteiger charge is -2.14. The van der Waals surface area contributed by atoms with E-state index in [9.17, 15) is 31.1 Å². The topological polar surface area (TPSA) is 29.1 Å². The Labute approximate surface area is 133 Å². The van der Waals surface area contributed by atoms with E-state index in [0.717, 1.165) is 36.4 Å². The van der Waals surface area contributed by atoms with Crippen LogP contribution < -0.4 is 5.32 Å². The first-order chi connectivity index (χ1) is 11.0. The Kier molecular flexibility index (Phi) is 4.59. The Morgan fingerprint density at radius 3 is 1.96 bits per heavy atom. The SMILES string of the molecule is Cc1ccc(C(F)(F)F)c(C(=O)Nc2ccc(C(F)(F)F)cc2)c1. The van der Waals surface area contributed by atoms with Gasteiger partial charge in [0.1, 0.15) is 0 Å². The van der Waals surface area contributed by atoms with Gasteiger partial charge in [-0.25, -0.2) is 0 Å². The maximum atomic E-state index is 13.0. The lowest BCUT2D eigenvalue weighted by atomic mass is 10.0. The predicted molar refractivity (Wildman–Crippen MR) is 75.6 cm³/mol. The third-order valence-corrected chi connectivity index (χ3v) is 3.20. The molecular formula is C16H11F6NO. The van der Waals surface area contributed by atoms with Crippen molar-refractivity contribution < 1.29 is 31.1 Å². The van der Waals surface area contributed by atoms with Crippen molar-refractivity contribution in [3.8, 4) is 0 Å². The normalized spacial score (nSPS) is 12.1. The summed E-state index contributed by atoms with van der Waals surface area (Å²) < 4.78 is 76.3. The summed E-state index contributed by atoms with van der Waals surface area (Å²) in [4.78, 5) is 12.1. The fourth-order valence-corrected chi connectivity index (χ4v) is 2.03. The van der Waals surface area contributed by atoms with Gasteiger partial charge in [0.15, 0.2) is 0 Å². The van der Waals surface area contributed by atoms with E-state index in [2.05, 4.69) is 5.32 Å². The lowest BCUT2D eigenvalue weighted by Crippen LogP contribution is -2.19. The van der Waals surface area contributed by atoms with Gasteiger partial charge in [-0.15, -0.1) is 0 Å². The van der Waals surface area contributed by atoms with Gasteiger partial charge in [-0.1, -0.05) is 11.6 Å². The molecule has 0 fully saturated rings. The van der Waals surface area contributed by atoms with Crippen LogP contribution in [0.5, 0.6) is 0 Å². The third kappa shape index (κ3) is 4.06. The van der Waals surface area contributed by atoms with E-state index in [1.165, 1.54) is 13.0 Å². The highest BCUT2D eigenvalue weighted by molar-refractivity contribution is 6.05. The molecule has 0 spiro atoms. The molecule has 0 aliphatic heterocycles. The standard InChI is InChI=1S/C16H11F6NO/c1-9-2-7-13(16(20,21)22)12(8-9)14(24)23-11-5-3-10(4-6-11)15(17,18)19/h2-8H,1H3,(H,23,24). The number of anilines is 1. The van der Waals surface area contributed by atoms with Crippen LogP contribution in [-0.2, 0) is 12.4 Å². The van der Waals surface area contributed by atoms with Gasteiger partial charge < -0.3 is 5.32 Å². The Hall–Kier alpha value is -2.51. The van der Waals surface area contributed by atoms with Crippen LogP contribution in [-0.4, -0.2) is 5.91 Å². The second-order valence-corrected chi connectivity index (χ2v) is 5.08. The molecule has 1 amide bonds. The summed E-state index contributed by atoms with van der Waals surface area (Å²) in [5.41, 5.74) is -2.23. The van der Waals surface area contributed by atoms with Gasteiger partial charge >= 0.3 is 12.4 Å². The monoisotopic (exact) mass is 347 g/mol. The quantitative estimate of drug-likeness (QED) is 0.736. The van der Waals surface area contributed by atoms with Crippen LogP contribution in [0.3, 0.4) is 0 Å². The van der Waals surface area contributed by atoms with E-state index in [1.54, 1.807) is 0 Å². The molecule has 2 rings (SSSR count). The smallest absolute Gasteiger partial charge is 0.322 e. The molecule has 2 aromatic rings. The Morgan fingerprint density at radius 1 is 0.875 bits per heavy atom. The number of halogens is 6. The highest BCUT2D eigenvalue weighted by Gasteiger charge is 2.35. The summed E-state index contributed by atoms with van der Waals surface area (Å²) in [5.74, 6) is -1.05. The number of aryl methyl sites for hydroxylation is 1. The first kappa shape index (κ1) is 17.8. The molecule has 0 saturated heterocycles. The van der Waals surface area contributed by atoms with Crippen LogP contribution in [0.25, 0.3) is 0 Å². The van der Waals surface area contributed by atoms with E-state index in [0.29, 0.717) is 5.56 Å². The van der Waals surface area contributed by atoms with Gasteiger partial charge in [-0.3, -0.25) is 4.79 Å². The summed E-state index contributed by atoms with van der Waals surface area (Å²) in [7, 11) is 0. The molecular weight excluding hydrogens is 336 g/mol. The van der Waals surface area contributed by atoms with Crippen LogP contribution in [0.2, 0.25) is 0 Å². The molecule has 128 valence electrons. The van der Waals surface area contributed by atoms with Crippen molar-refractivity contribution in [2.24, 2.45) is 0 Å². The zero-order chi connectivity index (χ0) is 18.1. The molecule has 2 nitrogen and oxygen atoms in total. The van der Waals surface area contributed by atoms with E-state index in [-0.39, 0.29) is 5.69 Å². The van der Waals surface area contributed by atoms with Gasteiger partial charge in [-0.05, 0) is 43.3 Å². The number of amides is 1. The van der Waals surface area contributed by atoms with Crippen LogP contribution in [0, 0.1) is 6.92 Å². The molecule has 0 saturated carbocycles. The third-order valence-electron chi connectivity index (χ3n) is 3.20. The molecule has 0 bridgehead atoms. The average molecular weight is 347 g/mol. The van der Waals surface area contributed by atoms with E-state index in [4.69, 9.17) is 0 Å². The van der Waals surface area contributed by atoms with Gasteiger partial charge in [0.05, 0.1) is 16.7 Å². The number of nitrogens with one attached hydrogen (secondary N) is 1. The van der Waals surface area contributed by atoms with Crippen molar-refractivity contribution in [3.05, 3.63) is 64.7 Å². The number of rotatable bonds is 2. The molecule has 0 aliphatic carbocycles. The highest BCUT2D eigenvalue weighted by Crippen LogP contribution is 2.33. The minimum absolute atomic E-state index is 0.0392. The molecule has 8 heteroatoms. The summed E-state index contributed by atoms with van der Waals surface area (Å²) in [6.07, 6.45) is -9.26. The van der Waals surface area contributed by atoms with E-state index >= 15 is 0 Å². The highest BCUT2D eigenvalue weighted by atomic mass is 19.4. The summed E-state index contributed by atoms with van der Waals surface area (Å²) in [5, 5.41) is 2.17. The molecule has 2 aromatic carbocycles. The Balaban J connectivity index is 2.29. The number of hydrogen-bond donors (Lipinski definition) is 1. The fraction of sp³-hybridized carbons (Fsp3) is 0.188. The lowest BCUT2D eigenvalue weighted by molar-refractivity contribution is -0.138. The van der Waals surface area contributed by atoms with Crippen molar-refractivity contribution in [1.82, 2.24) is 0 Å². The number of hydrogen-bond acceptors (Lipinski definition) is 1. The first-order valence-electron chi connectivity index (χ1n) is 6.65. The second-order valence-electron chi connectivity index (χ2n) is 5.08. The number of benzene rings is 2. The minimum atomic E-state index is -4.72. The van der Waals surface area contributed by atoms with Gasteiger partial charge in [0.2, 0.25) is 0 Å². The second kappa shape index (κ2) is 6.18. The maximum absolute atomic E-state index is 13.0. The Morgan fingerprint density at radius 2 is 1.46 bits per heavy atom. The molecule has 0 heterocycles. The molecule has 1 N–H and O–H groups in total. The molecule has 24 heavy (non-hydrogen) atoms. The molecule has 0 atom stereocenters. The molecule has 0 aromatic heterocycles. The van der Waals surface area contributed by atoms with Crippen LogP contribution in [0.4, 0.5) is 32.0 Å². The zero-order valence-electron chi connectivity index (χ0n) is 12.2. The molecule has 0 radical (unpaired) electrons. The summed E-state index contributed by atoms with van der Waals surface area (Å²) in [6.45, 7) is 1.52. The van der Waals surface area contributed by atoms with Crippen molar-refractivity contribution >= 4 is 11.6 Å². The van der Waals surface area contributed by atoms with Crippen molar-refractivity contribution in [2.75, 3.05) is 5.32 Å². The van der Waals surface area contributed by atoms with E-state index < -0.39 is 35.0 Å². The average Bonchev–Trinajstić information content (AvgIpc) is 2.45. The maximum Gasteiger partial charge on any atom is 0.417 e. The fourth-order valence-electron chi connectivity index (χ4n) is 2.03. The molecule has 0 unspecified atom stereocenters. The summed E-state index contributed by atoms with van der Waals surface area (Å²) >= 11 is 0. The van der Waals surface area contributed by atoms with Gasteiger partial charge in [0, 0.05) is 5.69 Å². The van der Waals surface area contributed by atoms with Crippen molar-refractivity contribution in [2.45, 2.75) is 19.3 Å². The summed E-state index contributed by atoms with van der Waals surface area (Å²) in [6, 6.07) is 6.50. The predicted octanol–water partition coefficient (Wildman–Crippen LogP) is 5.28. The van der Waals surface area contributed by atoms with Gasteiger partial charge in [0.25, 0.3) is 5.91 Å². The van der Waals surface area contributed by atoms with Crippen molar-refractivity contribution in [3.63, 3.8) is 0 Å².